The summed E-state index contributed by atoms with van der Waals surface area (Å²) in [5.74, 6) is 0.515. The van der Waals surface area contributed by atoms with E-state index in [0.717, 1.165) is 6.54 Å². The first kappa shape index (κ1) is 16.4. The van der Waals surface area contributed by atoms with E-state index in [0.29, 0.717) is 24.1 Å². The van der Waals surface area contributed by atoms with Crippen LogP contribution in [-0.4, -0.2) is 63.0 Å². The average molecular weight is 289 g/mol. The minimum absolute atomic E-state index is 0.0793. The Balaban J connectivity index is 2.38. The molecule has 0 amide bonds. The number of aromatic nitrogens is 4. The van der Waals surface area contributed by atoms with Crippen LogP contribution >= 0.6 is 11.8 Å². The first-order valence-corrected chi connectivity index (χ1v) is 7.22. The molecule has 0 fully saturated rings. The van der Waals surface area contributed by atoms with Crippen LogP contribution < -0.4 is 5.32 Å². The van der Waals surface area contributed by atoms with Gasteiger partial charge in [-0.3, -0.25) is 0 Å². The minimum atomic E-state index is -0.507. The van der Waals surface area contributed by atoms with Gasteiger partial charge >= 0.3 is 0 Å². The molecule has 0 aliphatic rings. The van der Waals surface area contributed by atoms with E-state index < -0.39 is 6.10 Å². The average Bonchev–Trinajstić information content (AvgIpc) is 2.73. The van der Waals surface area contributed by atoms with Crippen LogP contribution in [0.4, 0.5) is 0 Å². The maximum atomic E-state index is 9.59. The van der Waals surface area contributed by atoms with Gasteiger partial charge in [0.05, 0.1) is 19.3 Å². The Morgan fingerprint density at radius 3 is 2.84 bits per heavy atom. The lowest BCUT2D eigenvalue weighted by atomic mass is 10.1. The predicted octanol–water partition coefficient (Wildman–Crippen LogP) is 0.161. The maximum absolute atomic E-state index is 9.59. The van der Waals surface area contributed by atoms with Crippen LogP contribution in [0.5, 0.6) is 0 Å². The number of tetrazole rings is 1. The van der Waals surface area contributed by atoms with Crippen LogP contribution in [0.3, 0.4) is 0 Å². The van der Waals surface area contributed by atoms with E-state index in [4.69, 9.17) is 4.74 Å². The molecule has 0 saturated heterocycles. The smallest absolute Gasteiger partial charge is 0.209 e. The fourth-order valence-electron chi connectivity index (χ4n) is 1.39. The highest BCUT2D eigenvalue weighted by molar-refractivity contribution is 7.99. The molecule has 1 aromatic heterocycles. The van der Waals surface area contributed by atoms with Crippen molar-refractivity contribution in [1.29, 1.82) is 0 Å². The number of thioether (sulfide) groups is 1. The number of hydrogen-bond acceptors (Lipinski definition) is 7. The Morgan fingerprint density at radius 2 is 2.21 bits per heavy atom. The third kappa shape index (κ3) is 6.86. The quantitative estimate of drug-likeness (QED) is 0.659. The van der Waals surface area contributed by atoms with E-state index in [1.165, 1.54) is 11.8 Å². The van der Waals surface area contributed by atoms with Crippen LogP contribution in [0.2, 0.25) is 0 Å². The molecule has 0 spiro atoms. The summed E-state index contributed by atoms with van der Waals surface area (Å²) >= 11 is 1.43. The number of nitrogens with zero attached hydrogens (tertiary/aromatic N) is 4. The third-order valence-electron chi connectivity index (χ3n) is 2.24. The van der Waals surface area contributed by atoms with Gasteiger partial charge in [-0.1, -0.05) is 11.8 Å². The first-order chi connectivity index (χ1) is 8.92. The summed E-state index contributed by atoms with van der Waals surface area (Å²) in [4.78, 5) is 0. The van der Waals surface area contributed by atoms with Crippen molar-refractivity contribution < 1.29 is 9.84 Å². The predicted molar refractivity (Wildman–Crippen MR) is 74.2 cm³/mol. The highest BCUT2D eigenvalue weighted by atomic mass is 32.2. The number of ether oxygens (including phenoxy) is 1. The van der Waals surface area contributed by atoms with E-state index in [1.807, 2.05) is 0 Å². The second-order valence-electron chi connectivity index (χ2n) is 5.28. The lowest BCUT2D eigenvalue weighted by Gasteiger charge is -2.20. The van der Waals surface area contributed by atoms with Crippen LogP contribution in [0, 0.1) is 0 Å². The maximum Gasteiger partial charge on any atom is 0.209 e. The molecule has 0 bridgehead atoms. The summed E-state index contributed by atoms with van der Waals surface area (Å²) in [5, 5.41) is 25.2. The molecule has 1 heterocycles. The molecule has 1 atom stereocenters. The monoisotopic (exact) mass is 289 g/mol. The zero-order chi connectivity index (χ0) is 14.3. The fourth-order valence-corrected chi connectivity index (χ4v) is 2.20. The Bertz CT molecular complexity index is 366. The van der Waals surface area contributed by atoms with Crippen molar-refractivity contribution in [1.82, 2.24) is 25.5 Å². The van der Waals surface area contributed by atoms with Crippen molar-refractivity contribution in [3.05, 3.63) is 0 Å². The number of hydrogen-bond donors (Lipinski definition) is 2. The molecule has 0 aliphatic carbocycles. The molecule has 1 rings (SSSR count). The van der Waals surface area contributed by atoms with Crippen LogP contribution in [0.15, 0.2) is 5.16 Å². The van der Waals surface area contributed by atoms with Crippen molar-refractivity contribution in [3.63, 3.8) is 0 Å². The van der Waals surface area contributed by atoms with E-state index in [9.17, 15) is 5.11 Å². The number of aliphatic hydroxyl groups is 1. The van der Waals surface area contributed by atoms with Gasteiger partial charge in [0.1, 0.15) is 0 Å². The zero-order valence-electron chi connectivity index (χ0n) is 12.0. The molecule has 1 unspecified atom stereocenters. The molecule has 0 radical (unpaired) electrons. The van der Waals surface area contributed by atoms with E-state index in [1.54, 1.807) is 11.8 Å². The Hall–Kier alpha value is -0.700. The topological polar surface area (TPSA) is 85.1 Å². The van der Waals surface area contributed by atoms with Crippen LogP contribution in [0.1, 0.15) is 20.8 Å². The molecule has 2 N–H and O–H groups in total. The Kier molecular flexibility index (Phi) is 6.70. The lowest BCUT2D eigenvalue weighted by molar-refractivity contribution is 0.0793. The van der Waals surface area contributed by atoms with Gasteiger partial charge in [0.15, 0.2) is 0 Å². The number of nitrogens with one attached hydrogen (secondary N) is 1. The summed E-state index contributed by atoms with van der Waals surface area (Å²) in [5.41, 5.74) is 0.0793. The van der Waals surface area contributed by atoms with Gasteiger partial charge in [-0.25, -0.2) is 4.68 Å². The summed E-state index contributed by atoms with van der Waals surface area (Å²) in [6.45, 7) is 8.16. The summed E-state index contributed by atoms with van der Waals surface area (Å²) < 4.78 is 6.61. The first-order valence-electron chi connectivity index (χ1n) is 6.23. The van der Waals surface area contributed by atoms with Gasteiger partial charge < -0.3 is 15.2 Å². The Labute approximate surface area is 118 Å². The van der Waals surface area contributed by atoms with Gasteiger partial charge in [0.2, 0.25) is 5.16 Å². The molecule has 0 saturated carbocycles. The second kappa shape index (κ2) is 7.78. The largest absolute Gasteiger partial charge is 0.390 e. The second-order valence-corrected chi connectivity index (χ2v) is 6.27. The van der Waals surface area contributed by atoms with E-state index in [-0.39, 0.29) is 5.54 Å². The normalized spacial score (nSPS) is 13.7. The van der Waals surface area contributed by atoms with Crippen molar-refractivity contribution >= 4 is 11.8 Å². The molecule has 8 heteroatoms. The number of aliphatic hydroxyl groups excluding tert-OH is 1. The molecule has 0 aliphatic heterocycles. The number of methoxy groups -OCH3 is 1. The molecule has 110 valence electrons. The zero-order valence-corrected chi connectivity index (χ0v) is 12.8. The highest BCUT2D eigenvalue weighted by Gasteiger charge is 2.12. The van der Waals surface area contributed by atoms with Crippen LogP contribution in [-0.2, 0) is 11.3 Å². The molecule has 7 nitrogen and oxygen atoms in total. The van der Waals surface area contributed by atoms with Crippen molar-refractivity contribution in [2.75, 3.05) is 26.0 Å². The summed E-state index contributed by atoms with van der Waals surface area (Å²) in [6, 6.07) is 0. The number of rotatable bonds is 8. The standard InChI is InChI=1S/C11H23N5O2S/c1-11(2,3)12-5-6-16-10(13-14-15-16)19-8-9(17)7-18-4/h9,12,17H,5-8H2,1-4H3. The van der Waals surface area contributed by atoms with Gasteiger partial charge in [0.25, 0.3) is 0 Å². The Morgan fingerprint density at radius 1 is 1.47 bits per heavy atom. The SMILES string of the molecule is COCC(O)CSc1nnnn1CCNC(C)(C)C. The van der Waals surface area contributed by atoms with Gasteiger partial charge in [-0.05, 0) is 31.2 Å². The third-order valence-corrected chi connectivity index (χ3v) is 3.34. The van der Waals surface area contributed by atoms with Crippen molar-refractivity contribution in [2.24, 2.45) is 0 Å². The van der Waals surface area contributed by atoms with Crippen molar-refractivity contribution in [3.8, 4) is 0 Å². The van der Waals surface area contributed by atoms with Gasteiger partial charge in [-0.15, -0.1) is 5.10 Å². The van der Waals surface area contributed by atoms with E-state index >= 15 is 0 Å². The van der Waals surface area contributed by atoms with Gasteiger partial charge in [-0.2, -0.15) is 0 Å². The highest BCUT2D eigenvalue weighted by Crippen LogP contribution is 2.14. The summed E-state index contributed by atoms with van der Waals surface area (Å²) in [6.07, 6.45) is -0.507. The molecule has 1 aromatic rings. The van der Waals surface area contributed by atoms with Crippen LogP contribution in [0.25, 0.3) is 0 Å². The van der Waals surface area contributed by atoms with Crippen molar-refractivity contribution in [2.45, 2.75) is 44.1 Å². The molecule has 19 heavy (non-hydrogen) atoms. The molecular formula is C11H23N5O2S. The fraction of sp³-hybridized carbons (Fsp3) is 0.909. The molecule has 0 aromatic carbocycles. The van der Waals surface area contributed by atoms with Gasteiger partial charge in [0, 0.05) is 24.9 Å². The minimum Gasteiger partial charge on any atom is -0.390 e. The molecular weight excluding hydrogens is 266 g/mol. The lowest BCUT2D eigenvalue weighted by Crippen LogP contribution is -2.38. The van der Waals surface area contributed by atoms with E-state index in [2.05, 4.69) is 41.6 Å². The summed E-state index contributed by atoms with van der Waals surface area (Å²) in [7, 11) is 1.57.